The van der Waals surface area contributed by atoms with Crippen LogP contribution in [0.25, 0.3) is 0 Å². The molecule has 6 heteroatoms. The minimum absolute atomic E-state index is 0.0545. The summed E-state index contributed by atoms with van der Waals surface area (Å²) in [4.78, 5) is 24.9. The molecule has 0 spiro atoms. The Morgan fingerprint density at radius 3 is 2.89 bits per heavy atom. The number of carbonyl (C=O) groups is 2. The van der Waals surface area contributed by atoms with Crippen LogP contribution in [0.4, 0.5) is 4.79 Å². The van der Waals surface area contributed by atoms with E-state index >= 15 is 0 Å². The van der Waals surface area contributed by atoms with Crippen molar-refractivity contribution in [3.05, 3.63) is 0 Å². The van der Waals surface area contributed by atoms with Crippen LogP contribution in [0.5, 0.6) is 0 Å². The Labute approximate surface area is 108 Å². The summed E-state index contributed by atoms with van der Waals surface area (Å²) in [5.74, 6) is -0.315. The molecule has 0 bridgehead atoms. The molecule has 1 atom stereocenters. The van der Waals surface area contributed by atoms with Gasteiger partial charge in [-0.15, -0.1) is 0 Å². The topological polar surface area (TPSA) is 81.7 Å². The Kier molecular flexibility index (Phi) is 6.67. The van der Waals surface area contributed by atoms with Gasteiger partial charge >= 0.3 is 6.03 Å². The highest BCUT2D eigenvalue weighted by Crippen LogP contribution is 2.15. The van der Waals surface area contributed by atoms with Crippen LogP contribution in [0.15, 0.2) is 0 Å². The molecule has 1 fully saturated rings. The highest BCUT2D eigenvalue weighted by molar-refractivity contribution is 5.95. The molecular weight excluding hydrogens is 234 g/mol. The van der Waals surface area contributed by atoms with Gasteiger partial charge in [-0.05, 0) is 25.8 Å². The van der Waals surface area contributed by atoms with Gasteiger partial charge in [-0.25, -0.2) is 4.79 Å². The molecule has 1 heterocycles. The number of nitrogens with zero attached hydrogens (tertiary/aromatic N) is 1. The normalized spacial score (nSPS) is 19.8. The van der Waals surface area contributed by atoms with Gasteiger partial charge in [0, 0.05) is 12.6 Å². The molecule has 1 aliphatic rings. The van der Waals surface area contributed by atoms with Gasteiger partial charge in [0.15, 0.2) is 0 Å². The van der Waals surface area contributed by atoms with E-state index in [1.807, 2.05) is 11.8 Å². The number of likely N-dealkylation sites (tertiary alicyclic amines) is 1. The van der Waals surface area contributed by atoms with Gasteiger partial charge in [-0.2, -0.15) is 0 Å². The summed E-state index contributed by atoms with van der Waals surface area (Å²) in [5, 5.41) is 14.0. The average Bonchev–Trinajstić information content (AvgIpc) is 2.76. The van der Waals surface area contributed by atoms with Crippen LogP contribution in [-0.4, -0.2) is 54.2 Å². The van der Waals surface area contributed by atoms with E-state index in [1.54, 1.807) is 0 Å². The lowest BCUT2D eigenvalue weighted by atomic mass is 10.2. The van der Waals surface area contributed by atoms with Crippen LogP contribution in [0.1, 0.15) is 32.6 Å². The van der Waals surface area contributed by atoms with Crippen molar-refractivity contribution < 1.29 is 14.7 Å². The lowest BCUT2D eigenvalue weighted by Crippen LogP contribution is -2.46. The Hall–Kier alpha value is -1.14. The minimum atomic E-state index is -0.437. The van der Waals surface area contributed by atoms with E-state index in [0.29, 0.717) is 6.54 Å². The van der Waals surface area contributed by atoms with Crippen LogP contribution in [0, 0.1) is 0 Å². The van der Waals surface area contributed by atoms with Crippen LogP contribution in [0.2, 0.25) is 0 Å². The molecule has 1 aliphatic heterocycles. The largest absolute Gasteiger partial charge is 0.395 e. The summed E-state index contributed by atoms with van der Waals surface area (Å²) >= 11 is 0. The molecule has 0 aromatic heterocycles. The first-order valence-electron chi connectivity index (χ1n) is 6.60. The maximum Gasteiger partial charge on any atom is 0.321 e. The van der Waals surface area contributed by atoms with E-state index in [2.05, 4.69) is 10.6 Å². The van der Waals surface area contributed by atoms with E-state index in [9.17, 15) is 9.59 Å². The van der Waals surface area contributed by atoms with E-state index in [1.165, 1.54) is 0 Å². The zero-order valence-electron chi connectivity index (χ0n) is 10.9. The fourth-order valence-corrected chi connectivity index (χ4v) is 2.08. The summed E-state index contributed by atoms with van der Waals surface area (Å²) in [7, 11) is 0. The molecule has 1 saturated heterocycles. The van der Waals surface area contributed by atoms with Crippen molar-refractivity contribution in [3.63, 3.8) is 0 Å². The molecule has 0 saturated carbocycles. The minimum Gasteiger partial charge on any atom is -0.395 e. The molecule has 3 N–H and O–H groups in total. The fraction of sp³-hybridized carbons (Fsp3) is 0.833. The third-order valence-electron chi connectivity index (χ3n) is 3.13. The van der Waals surface area contributed by atoms with Crippen molar-refractivity contribution in [3.8, 4) is 0 Å². The summed E-state index contributed by atoms with van der Waals surface area (Å²) in [6, 6.07) is -0.382. The Morgan fingerprint density at radius 2 is 2.22 bits per heavy atom. The second kappa shape index (κ2) is 8.05. The van der Waals surface area contributed by atoms with Crippen LogP contribution in [-0.2, 0) is 4.79 Å². The number of nitrogens with one attached hydrogen (secondary N) is 2. The molecule has 0 aliphatic carbocycles. The lowest BCUT2D eigenvalue weighted by Gasteiger charge is -2.21. The van der Waals surface area contributed by atoms with Gasteiger partial charge in [0.25, 0.3) is 0 Å². The Bertz CT molecular complexity index is 284. The summed E-state index contributed by atoms with van der Waals surface area (Å²) in [6.45, 7) is 3.66. The van der Waals surface area contributed by atoms with Gasteiger partial charge in [0.2, 0.25) is 5.91 Å². The first-order valence-corrected chi connectivity index (χ1v) is 6.60. The predicted molar refractivity (Wildman–Crippen MR) is 68.1 cm³/mol. The van der Waals surface area contributed by atoms with Crippen molar-refractivity contribution in [1.82, 2.24) is 15.5 Å². The molecule has 6 nitrogen and oxygen atoms in total. The molecular formula is C12H23N3O3. The van der Waals surface area contributed by atoms with E-state index < -0.39 is 6.03 Å². The zero-order valence-corrected chi connectivity index (χ0v) is 10.9. The molecule has 104 valence electrons. The smallest absolute Gasteiger partial charge is 0.321 e. The first-order chi connectivity index (χ1) is 8.67. The molecule has 1 unspecified atom stereocenters. The molecule has 0 aromatic rings. The second-order valence-electron chi connectivity index (χ2n) is 4.61. The summed E-state index contributed by atoms with van der Waals surface area (Å²) in [6.07, 6.45) is 3.80. The molecule has 0 aromatic carbocycles. The van der Waals surface area contributed by atoms with Crippen molar-refractivity contribution in [2.24, 2.45) is 0 Å². The third kappa shape index (κ3) is 5.01. The maximum atomic E-state index is 11.6. The highest BCUT2D eigenvalue weighted by atomic mass is 16.3. The maximum absolute atomic E-state index is 11.6. The number of hydrogen-bond donors (Lipinski definition) is 3. The predicted octanol–water partition coefficient (Wildman–Crippen LogP) is 0.0690. The third-order valence-corrected chi connectivity index (χ3v) is 3.13. The van der Waals surface area contributed by atoms with Crippen molar-refractivity contribution in [1.29, 1.82) is 0 Å². The molecule has 1 rings (SSSR count). The number of unbranched alkanes of at least 4 members (excludes halogenated alkanes) is 1. The highest BCUT2D eigenvalue weighted by Gasteiger charge is 2.25. The van der Waals surface area contributed by atoms with Crippen molar-refractivity contribution >= 4 is 11.9 Å². The standard InChI is InChI=1S/C12H23N3O3/c1-2-3-6-13-12(18)14-11(17)8-15-7-4-5-10(15)9-16/h10,16H,2-9H2,1H3,(H2,13,14,17,18). The quantitative estimate of drug-likeness (QED) is 0.588. The van der Waals surface area contributed by atoms with E-state index in [0.717, 1.165) is 32.2 Å². The molecule has 3 amide bonds. The number of rotatable bonds is 6. The fourth-order valence-electron chi connectivity index (χ4n) is 2.08. The summed E-state index contributed by atoms with van der Waals surface area (Å²) in [5.41, 5.74) is 0. The van der Waals surface area contributed by atoms with Crippen LogP contribution >= 0.6 is 0 Å². The number of hydrogen-bond acceptors (Lipinski definition) is 4. The van der Waals surface area contributed by atoms with Gasteiger partial charge < -0.3 is 10.4 Å². The van der Waals surface area contributed by atoms with Gasteiger partial charge in [-0.1, -0.05) is 13.3 Å². The second-order valence-corrected chi connectivity index (χ2v) is 4.61. The number of imide groups is 1. The number of carbonyl (C=O) groups excluding carboxylic acids is 2. The van der Waals surface area contributed by atoms with E-state index in [4.69, 9.17) is 5.11 Å². The number of aliphatic hydroxyl groups is 1. The average molecular weight is 257 g/mol. The van der Waals surface area contributed by atoms with Gasteiger partial charge in [-0.3, -0.25) is 15.0 Å². The van der Waals surface area contributed by atoms with Gasteiger partial charge in [0.1, 0.15) is 0 Å². The van der Waals surface area contributed by atoms with Gasteiger partial charge in [0.05, 0.1) is 13.2 Å². The first kappa shape index (κ1) is 14.9. The number of amides is 3. The lowest BCUT2D eigenvalue weighted by molar-refractivity contribution is -0.121. The number of aliphatic hydroxyl groups excluding tert-OH is 1. The SMILES string of the molecule is CCCCNC(=O)NC(=O)CN1CCCC1CO. The molecule has 18 heavy (non-hydrogen) atoms. The monoisotopic (exact) mass is 257 g/mol. The summed E-state index contributed by atoms with van der Waals surface area (Å²) < 4.78 is 0. The zero-order chi connectivity index (χ0) is 13.4. The van der Waals surface area contributed by atoms with Crippen LogP contribution in [0.3, 0.4) is 0 Å². The number of urea groups is 1. The molecule has 0 radical (unpaired) electrons. The van der Waals surface area contributed by atoms with Crippen LogP contribution < -0.4 is 10.6 Å². The van der Waals surface area contributed by atoms with Crippen molar-refractivity contribution in [2.75, 3.05) is 26.2 Å². The Morgan fingerprint density at radius 1 is 1.44 bits per heavy atom. The van der Waals surface area contributed by atoms with Crippen molar-refractivity contribution in [2.45, 2.75) is 38.6 Å². The Balaban J connectivity index is 2.22. The van der Waals surface area contributed by atoms with E-state index in [-0.39, 0.29) is 25.1 Å².